The molecular formula is C14H25NO2. The van der Waals surface area contributed by atoms with Gasteiger partial charge in [0, 0.05) is 12.1 Å². The molecule has 1 saturated carbocycles. The molecule has 0 radical (unpaired) electrons. The topological polar surface area (TPSA) is 38.3 Å². The summed E-state index contributed by atoms with van der Waals surface area (Å²) in [6, 6.07) is 0.640. The molecule has 3 heteroatoms. The van der Waals surface area contributed by atoms with Gasteiger partial charge in [-0.1, -0.05) is 18.9 Å². The second-order valence-corrected chi connectivity index (χ2v) is 4.64. The smallest absolute Gasteiger partial charge is 0.330 e. The first-order chi connectivity index (χ1) is 8.26. The third-order valence-electron chi connectivity index (χ3n) is 3.20. The molecule has 1 fully saturated rings. The summed E-state index contributed by atoms with van der Waals surface area (Å²) in [5.74, 6) is -0.181. The van der Waals surface area contributed by atoms with Crippen LogP contribution in [0, 0.1) is 0 Å². The molecule has 1 rings (SSSR count). The lowest BCUT2D eigenvalue weighted by Crippen LogP contribution is -2.32. The molecule has 0 aromatic rings. The molecule has 0 saturated heterocycles. The summed E-state index contributed by atoms with van der Waals surface area (Å²) in [6.45, 7) is 5.63. The van der Waals surface area contributed by atoms with Gasteiger partial charge in [-0.2, -0.15) is 0 Å². The normalized spacial score (nSPS) is 20.1. The molecule has 17 heavy (non-hydrogen) atoms. The summed E-state index contributed by atoms with van der Waals surface area (Å²) >= 11 is 0. The molecule has 0 atom stereocenters. The number of unbranched alkanes of at least 4 members (excludes halogenated alkanes) is 1. The zero-order valence-electron chi connectivity index (χ0n) is 11.1. The van der Waals surface area contributed by atoms with Crippen LogP contribution in [0.1, 0.15) is 52.4 Å². The zero-order chi connectivity index (χ0) is 12.5. The van der Waals surface area contributed by atoms with Crippen LogP contribution in [0.15, 0.2) is 11.6 Å². The minimum absolute atomic E-state index is 0.181. The van der Waals surface area contributed by atoms with Crippen LogP contribution in [0.4, 0.5) is 0 Å². The lowest BCUT2D eigenvalue weighted by molar-refractivity contribution is -0.137. The van der Waals surface area contributed by atoms with Gasteiger partial charge >= 0.3 is 5.97 Å². The minimum atomic E-state index is -0.181. The second-order valence-electron chi connectivity index (χ2n) is 4.64. The van der Waals surface area contributed by atoms with Crippen molar-refractivity contribution in [3.63, 3.8) is 0 Å². The number of ether oxygens (including phenoxy) is 1. The van der Waals surface area contributed by atoms with Gasteiger partial charge in [-0.15, -0.1) is 0 Å². The van der Waals surface area contributed by atoms with Gasteiger partial charge in [0.25, 0.3) is 0 Å². The van der Waals surface area contributed by atoms with E-state index in [4.69, 9.17) is 4.74 Å². The van der Waals surface area contributed by atoms with E-state index in [1.807, 2.05) is 6.92 Å². The Hall–Kier alpha value is -0.830. The van der Waals surface area contributed by atoms with Gasteiger partial charge < -0.3 is 10.1 Å². The Labute approximate surface area is 105 Å². The average molecular weight is 239 g/mol. The van der Waals surface area contributed by atoms with Crippen molar-refractivity contribution in [2.24, 2.45) is 0 Å². The number of allylic oxidation sites excluding steroid dienone is 1. The van der Waals surface area contributed by atoms with Gasteiger partial charge in [0.2, 0.25) is 0 Å². The van der Waals surface area contributed by atoms with Gasteiger partial charge in [0.15, 0.2) is 0 Å². The summed E-state index contributed by atoms with van der Waals surface area (Å²) in [6.07, 6.45) is 8.54. The molecule has 98 valence electrons. The van der Waals surface area contributed by atoms with Gasteiger partial charge in [-0.3, -0.25) is 0 Å². The van der Waals surface area contributed by atoms with Crippen LogP contribution in [-0.4, -0.2) is 25.2 Å². The average Bonchev–Trinajstić information content (AvgIpc) is 2.32. The molecule has 0 aromatic carbocycles. The summed E-state index contributed by atoms with van der Waals surface area (Å²) < 4.78 is 4.92. The molecule has 0 unspecified atom stereocenters. The van der Waals surface area contributed by atoms with E-state index in [0.29, 0.717) is 12.6 Å². The first-order valence-corrected chi connectivity index (χ1v) is 6.85. The van der Waals surface area contributed by atoms with E-state index >= 15 is 0 Å². The molecule has 0 aliphatic heterocycles. The summed E-state index contributed by atoms with van der Waals surface area (Å²) in [4.78, 5) is 11.3. The summed E-state index contributed by atoms with van der Waals surface area (Å²) in [7, 11) is 0. The summed E-state index contributed by atoms with van der Waals surface area (Å²) in [5, 5.41) is 3.58. The van der Waals surface area contributed by atoms with E-state index in [2.05, 4.69) is 12.2 Å². The van der Waals surface area contributed by atoms with Crippen LogP contribution in [0.5, 0.6) is 0 Å². The fourth-order valence-electron chi connectivity index (χ4n) is 2.17. The van der Waals surface area contributed by atoms with Crippen LogP contribution in [-0.2, 0) is 9.53 Å². The van der Waals surface area contributed by atoms with Gasteiger partial charge in [0.05, 0.1) is 6.61 Å². The molecule has 1 N–H and O–H groups in total. The van der Waals surface area contributed by atoms with E-state index in [0.717, 1.165) is 32.2 Å². The minimum Gasteiger partial charge on any atom is -0.463 e. The molecule has 0 heterocycles. The van der Waals surface area contributed by atoms with Crippen molar-refractivity contribution in [3.05, 3.63) is 11.6 Å². The first-order valence-electron chi connectivity index (χ1n) is 6.85. The predicted octanol–water partition coefficient (Wildman–Crippen LogP) is 2.81. The van der Waals surface area contributed by atoms with Crippen LogP contribution in [0.2, 0.25) is 0 Å². The van der Waals surface area contributed by atoms with E-state index in [9.17, 15) is 4.79 Å². The number of carbonyl (C=O) groups is 1. The molecule has 0 aromatic heterocycles. The van der Waals surface area contributed by atoms with Crippen molar-refractivity contribution in [2.75, 3.05) is 13.2 Å². The number of esters is 1. The quantitative estimate of drug-likeness (QED) is 0.440. The second kappa shape index (κ2) is 8.29. The Bertz CT molecular complexity index is 251. The molecule has 0 bridgehead atoms. The van der Waals surface area contributed by atoms with E-state index in [1.54, 1.807) is 6.08 Å². The maximum Gasteiger partial charge on any atom is 0.330 e. The van der Waals surface area contributed by atoms with Crippen molar-refractivity contribution in [1.82, 2.24) is 5.32 Å². The SMILES string of the molecule is CCCCNC1CCC(=CC(=O)OCC)CC1. The fourth-order valence-corrected chi connectivity index (χ4v) is 2.17. The summed E-state index contributed by atoms with van der Waals surface area (Å²) in [5.41, 5.74) is 1.25. The number of rotatable bonds is 6. The predicted molar refractivity (Wildman–Crippen MR) is 69.9 cm³/mol. The maximum atomic E-state index is 11.3. The Balaban J connectivity index is 2.23. The van der Waals surface area contributed by atoms with Crippen LogP contribution >= 0.6 is 0 Å². The Kier molecular flexibility index (Phi) is 6.94. The van der Waals surface area contributed by atoms with E-state index < -0.39 is 0 Å². The van der Waals surface area contributed by atoms with Gasteiger partial charge in [-0.25, -0.2) is 4.79 Å². The molecule has 0 spiro atoms. The lowest BCUT2D eigenvalue weighted by atomic mass is 9.90. The Morgan fingerprint density at radius 1 is 1.41 bits per heavy atom. The van der Waals surface area contributed by atoms with Crippen LogP contribution in [0.25, 0.3) is 0 Å². The molecule has 3 nitrogen and oxygen atoms in total. The highest BCUT2D eigenvalue weighted by Crippen LogP contribution is 2.23. The fraction of sp³-hybridized carbons (Fsp3) is 0.786. The van der Waals surface area contributed by atoms with Crippen molar-refractivity contribution in [3.8, 4) is 0 Å². The monoisotopic (exact) mass is 239 g/mol. The van der Waals surface area contributed by atoms with Crippen LogP contribution < -0.4 is 5.32 Å². The highest BCUT2D eigenvalue weighted by atomic mass is 16.5. The van der Waals surface area contributed by atoms with Crippen molar-refractivity contribution < 1.29 is 9.53 Å². The third-order valence-corrected chi connectivity index (χ3v) is 3.20. The highest BCUT2D eigenvalue weighted by Gasteiger charge is 2.16. The highest BCUT2D eigenvalue weighted by molar-refractivity contribution is 5.82. The van der Waals surface area contributed by atoms with Crippen molar-refractivity contribution in [2.45, 2.75) is 58.4 Å². The maximum absolute atomic E-state index is 11.3. The number of hydrogen-bond acceptors (Lipinski definition) is 3. The Morgan fingerprint density at radius 3 is 2.71 bits per heavy atom. The zero-order valence-corrected chi connectivity index (χ0v) is 11.1. The standard InChI is InChI=1S/C14H25NO2/c1-3-5-10-15-13-8-6-12(7-9-13)11-14(16)17-4-2/h11,13,15H,3-10H2,1-2H3. The molecule has 0 amide bonds. The number of carbonyl (C=O) groups excluding carboxylic acids is 1. The van der Waals surface area contributed by atoms with E-state index in [1.165, 1.54) is 18.4 Å². The number of nitrogens with one attached hydrogen (secondary N) is 1. The number of hydrogen-bond donors (Lipinski definition) is 1. The van der Waals surface area contributed by atoms with Crippen molar-refractivity contribution in [1.29, 1.82) is 0 Å². The molecule has 1 aliphatic carbocycles. The molecule has 1 aliphatic rings. The lowest BCUT2D eigenvalue weighted by Gasteiger charge is -2.24. The largest absolute Gasteiger partial charge is 0.463 e. The van der Waals surface area contributed by atoms with Crippen molar-refractivity contribution >= 4 is 5.97 Å². The third kappa shape index (κ3) is 5.87. The van der Waals surface area contributed by atoms with Crippen LogP contribution in [0.3, 0.4) is 0 Å². The first kappa shape index (κ1) is 14.2. The van der Waals surface area contributed by atoms with E-state index in [-0.39, 0.29) is 5.97 Å². The van der Waals surface area contributed by atoms with Gasteiger partial charge in [-0.05, 0) is 45.6 Å². The van der Waals surface area contributed by atoms with Gasteiger partial charge in [0.1, 0.15) is 0 Å². The molecular weight excluding hydrogens is 214 g/mol. The Morgan fingerprint density at radius 2 is 2.12 bits per heavy atom.